The molecule has 1 atom stereocenters. The highest BCUT2D eigenvalue weighted by molar-refractivity contribution is 5.82. The number of piperidine rings is 1. The Labute approximate surface area is 170 Å². The van der Waals surface area contributed by atoms with Crippen LogP contribution in [0, 0.1) is 0 Å². The molecule has 0 aliphatic carbocycles. The molecule has 7 nitrogen and oxygen atoms in total. The van der Waals surface area contributed by atoms with Gasteiger partial charge < -0.3 is 15.0 Å². The smallest absolute Gasteiger partial charge is 0.317 e. The second-order valence-corrected chi connectivity index (χ2v) is 7.28. The summed E-state index contributed by atoms with van der Waals surface area (Å²) in [6.45, 7) is 5.11. The Morgan fingerprint density at radius 1 is 1.24 bits per heavy atom. The highest BCUT2D eigenvalue weighted by Crippen LogP contribution is 2.19. The molecule has 3 heterocycles. The van der Waals surface area contributed by atoms with Crippen molar-refractivity contribution in [1.29, 1.82) is 0 Å². The number of aromatic nitrogens is 3. The van der Waals surface area contributed by atoms with Crippen LogP contribution in [0.2, 0.25) is 0 Å². The number of carbonyl (C=O) groups is 1. The third-order valence-electron chi connectivity index (χ3n) is 5.30. The molecule has 0 spiro atoms. The molecule has 1 N–H and O–H groups in total. The molecule has 1 aromatic carbocycles. The molecule has 3 aromatic rings. The van der Waals surface area contributed by atoms with Crippen LogP contribution in [-0.2, 0) is 24.4 Å². The van der Waals surface area contributed by atoms with Gasteiger partial charge in [-0.1, -0.05) is 24.3 Å². The molecule has 1 fully saturated rings. The highest BCUT2D eigenvalue weighted by Gasteiger charge is 2.24. The normalized spacial score (nSPS) is 16.9. The summed E-state index contributed by atoms with van der Waals surface area (Å²) in [7, 11) is 0. The van der Waals surface area contributed by atoms with Gasteiger partial charge in [-0.25, -0.2) is 4.79 Å². The number of nitrogens with one attached hydrogen (secondary N) is 1. The number of hydrogen-bond acceptors (Lipinski definition) is 4. The molecule has 1 saturated heterocycles. The van der Waals surface area contributed by atoms with Gasteiger partial charge in [0.15, 0.2) is 0 Å². The fraction of sp³-hybridized carbons (Fsp3) is 0.409. The van der Waals surface area contributed by atoms with Crippen LogP contribution >= 0.6 is 0 Å². The number of pyridine rings is 1. The Morgan fingerprint density at radius 3 is 2.93 bits per heavy atom. The minimum absolute atomic E-state index is 0.0386. The first kappa shape index (κ1) is 19.4. The van der Waals surface area contributed by atoms with Gasteiger partial charge in [0.25, 0.3) is 0 Å². The first-order valence-corrected chi connectivity index (χ1v) is 10.2. The summed E-state index contributed by atoms with van der Waals surface area (Å²) in [6, 6.07) is 13.9. The van der Waals surface area contributed by atoms with E-state index in [9.17, 15) is 4.79 Å². The zero-order valence-corrected chi connectivity index (χ0v) is 16.8. The predicted molar refractivity (Wildman–Crippen MR) is 111 cm³/mol. The number of ether oxygens (including phenoxy) is 1. The first-order chi connectivity index (χ1) is 14.2. The summed E-state index contributed by atoms with van der Waals surface area (Å²) < 4.78 is 7.96. The lowest BCUT2D eigenvalue weighted by atomic mass is 10.1. The number of carbonyl (C=O) groups excluding carboxylic acids is 1. The Balaban J connectivity index is 1.33. The van der Waals surface area contributed by atoms with E-state index in [2.05, 4.69) is 34.5 Å². The SMILES string of the molecule is CCn1nc(CNC(=O)N2CCC[C@@H](OCc3ccccn3)C2)c2ccccc21. The van der Waals surface area contributed by atoms with E-state index in [1.807, 2.05) is 39.9 Å². The van der Waals surface area contributed by atoms with Crippen molar-refractivity contribution in [3.8, 4) is 0 Å². The van der Waals surface area contributed by atoms with Crippen LogP contribution in [0.5, 0.6) is 0 Å². The maximum absolute atomic E-state index is 12.7. The van der Waals surface area contributed by atoms with Crippen molar-refractivity contribution in [2.45, 2.75) is 45.6 Å². The number of fused-ring (bicyclic) bond motifs is 1. The van der Waals surface area contributed by atoms with Gasteiger partial charge >= 0.3 is 6.03 Å². The average molecular weight is 393 g/mol. The van der Waals surface area contributed by atoms with Crippen molar-refractivity contribution in [3.63, 3.8) is 0 Å². The van der Waals surface area contributed by atoms with Crippen molar-refractivity contribution in [3.05, 3.63) is 60.0 Å². The summed E-state index contributed by atoms with van der Waals surface area (Å²) in [5.41, 5.74) is 2.91. The Morgan fingerprint density at radius 2 is 2.10 bits per heavy atom. The number of para-hydroxylation sites is 1. The highest BCUT2D eigenvalue weighted by atomic mass is 16.5. The van der Waals surface area contributed by atoms with Crippen molar-refractivity contribution in [1.82, 2.24) is 25.0 Å². The van der Waals surface area contributed by atoms with Crippen molar-refractivity contribution >= 4 is 16.9 Å². The molecule has 0 saturated carbocycles. The third kappa shape index (κ3) is 4.56. The second kappa shape index (κ2) is 9.05. The summed E-state index contributed by atoms with van der Waals surface area (Å²) in [5, 5.41) is 8.78. The average Bonchev–Trinajstić information content (AvgIpc) is 3.15. The van der Waals surface area contributed by atoms with E-state index < -0.39 is 0 Å². The van der Waals surface area contributed by atoms with E-state index in [1.54, 1.807) is 6.20 Å². The molecule has 1 aliphatic heterocycles. The molecule has 0 bridgehead atoms. The number of benzene rings is 1. The molecule has 2 aromatic heterocycles. The van der Waals surface area contributed by atoms with E-state index in [0.717, 1.165) is 48.2 Å². The largest absolute Gasteiger partial charge is 0.370 e. The quantitative estimate of drug-likeness (QED) is 0.697. The van der Waals surface area contributed by atoms with E-state index in [4.69, 9.17) is 4.74 Å². The van der Waals surface area contributed by atoms with E-state index in [-0.39, 0.29) is 12.1 Å². The van der Waals surface area contributed by atoms with Crippen LogP contribution in [0.3, 0.4) is 0 Å². The maximum Gasteiger partial charge on any atom is 0.317 e. The summed E-state index contributed by atoms with van der Waals surface area (Å²) in [5.74, 6) is 0. The molecule has 29 heavy (non-hydrogen) atoms. The van der Waals surface area contributed by atoms with Crippen molar-refractivity contribution in [2.75, 3.05) is 13.1 Å². The molecule has 0 unspecified atom stereocenters. The zero-order valence-electron chi connectivity index (χ0n) is 16.8. The number of likely N-dealkylation sites (tertiary alicyclic amines) is 1. The fourth-order valence-electron chi connectivity index (χ4n) is 3.78. The molecular weight excluding hydrogens is 366 g/mol. The second-order valence-electron chi connectivity index (χ2n) is 7.28. The number of amides is 2. The zero-order chi connectivity index (χ0) is 20.1. The molecule has 4 rings (SSSR count). The Bertz CT molecular complexity index is 956. The van der Waals surface area contributed by atoms with E-state index >= 15 is 0 Å². The van der Waals surface area contributed by atoms with Gasteiger partial charge in [0.05, 0.1) is 36.2 Å². The van der Waals surface area contributed by atoms with Crippen LogP contribution < -0.4 is 5.32 Å². The van der Waals surface area contributed by atoms with Crippen LogP contribution in [-0.4, -0.2) is 44.9 Å². The number of hydrogen-bond donors (Lipinski definition) is 1. The van der Waals surface area contributed by atoms with Crippen LogP contribution in [0.1, 0.15) is 31.2 Å². The number of urea groups is 1. The molecule has 7 heteroatoms. The predicted octanol–water partition coefficient (Wildman–Crippen LogP) is 3.34. The topological polar surface area (TPSA) is 72.3 Å². The molecule has 1 aliphatic rings. The van der Waals surface area contributed by atoms with Crippen LogP contribution in [0.15, 0.2) is 48.7 Å². The van der Waals surface area contributed by atoms with Crippen molar-refractivity contribution < 1.29 is 9.53 Å². The van der Waals surface area contributed by atoms with Gasteiger partial charge in [-0.15, -0.1) is 0 Å². The summed E-state index contributed by atoms with van der Waals surface area (Å²) >= 11 is 0. The summed E-state index contributed by atoms with van der Waals surface area (Å²) in [6.07, 6.45) is 3.70. The third-order valence-corrected chi connectivity index (χ3v) is 5.30. The van der Waals surface area contributed by atoms with Gasteiger partial charge in [0.2, 0.25) is 0 Å². The van der Waals surface area contributed by atoms with Gasteiger partial charge in [-0.2, -0.15) is 5.10 Å². The Hall–Kier alpha value is -2.93. The van der Waals surface area contributed by atoms with Gasteiger partial charge in [-0.3, -0.25) is 9.67 Å². The van der Waals surface area contributed by atoms with Crippen LogP contribution in [0.25, 0.3) is 10.9 Å². The molecular formula is C22H27N5O2. The molecule has 0 radical (unpaired) electrons. The molecule has 152 valence electrons. The monoisotopic (exact) mass is 393 g/mol. The fourth-order valence-corrected chi connectivity index (χ4v) is 3.78. The Kier molecular flexibility index (Phi) is 6.05. The van der Waals surface area contributed by atoms with Gasteiger partial charge in [0.1, 0.15) is 0 Å². The minimum atomic E-state index is -0.0636. The molecule has 2 amide bonds. The van der Waals surface area contributed by atoms with Crippen LogP contribution in [0.4, 0.5) is 4.79 Å². The van der Waals surface area contributed by atoms with E-state index in [1.165, 1.54) is 0 Å². The van der Waals surface area contributed by atoms with Gasteiger partial charge in [0, 0.05) is 31.2 Å². The first-order valence-electron chi connectivity index (χ1n) is 10.2. The number of nitrogens with zero attached hydrogens (tertiary/aromatic N) is 4. The lowest BCUT2D eigenvalue weighted by Gasteiger charge is -2.32. The lowest BCUT2D eigenvalue weighted by molar-refractivity contribution is -0.00168. The number of rotatable bonds is 6. The lowest BCUT2D eigenvalue weighted by Crippen LogP contribution is -2.47. The van der Waals surface area contributed by atoms with E-state index in [0.29, 0.717) is 19.7 Å². The number of aryl methyl sites for hydroxylation is 1. The minimum Gasteiger partial charge on any atom is -0.370 e. The summed E-state index contributed by atoms with van der Waals surface area (Å²) in [4.78, 5) is 18.8. The standard InChI is InChI=1S/C22H27N5O2/c1-2-27-21-11-4-3-10-19(21)20(25-27)14-24-22(28)26-13-7-9-18(15-26)29-16-17-8-5-6-12-23-17/h3-6,8,10-12,18H,2,7,9,13-16H2,1H3,(H,24,28)/t18-/m1/s1. The van der Waals surface area contributed by atoms with Crippen molar-refractivity contribution in [2.24, 2.45) is 0 Å². The maximum atomic E-state index is 12.7. The van der Waals surface area contributed by atoms with Gasteiger partial charge in [-0.05, 0) is 38.0 Å².